The number of rotatable bonds is 8. The van der Waals surface area contributed by atoms with Crippen LogP contribution in [0.25, 0.3) is 0 Å². The van der Waals surface area contributed by atoms with Crippen LogP contribution < -0.4 is 10.1 Å². The number of guanidine groups is 1. The summed E-state index contributed by atoms with van der Waals surface area (Å²) in [7, 11) is 0. The minimum absolute atomic E-state index is 0.0487. The fourth-order valence-electron chi connectivity index (χ4n) is 4.27. The van der Waals surface area contributed by atoms with Crippen LogP contribution in [0.4, 0.5) is 5.69 Å². The van der Waals surface area contributed by atoms with E-state index in [1.165, 1.54) is 4.90 Å². The third-order valence-electron chi connectivity index (χ3n) is 5.72. The standard InChI is InChI=1S/C21H26N4O5/c26-18-12-24-11-14-10-16(7-8-17(14)22-21(24)23-18)30-9-3-6-19(27)25(13-20(28)29)15-4-1-2-5-15/h7-8,10,15H,1-6,9,11-13H2,(H,28,29)(H,22,23,26). The zero-order chi connectivity index (χ0) is 21.1. The van der Waals surface area contributed by atoms with Crippen molar-refractivity contribution in [3.63, 3.8) is 0 Å². The molecule has 1 saturated carbocycles. The Labute approximate surface area is 174 Å². The average Bonchev–Trinajstić information content (AvgIpc) is 3.35. The zero-order valence-electron chi connectivity index (χ0n) is 16.8. The van der Waals surface area contributed by atoms with Gasteiger partial charge < -0.3 is 19.6 Å². The molecule has 9 nitrogen and oxygen atoms in total. The van der Waals surface area contributed by atoms with Gasteiger partial charge in [-0.1, -0.05) is 12.8 Å². The molecule has 1 aliphatic carbocycles. The Kier molecular flexibility index (Phi) is 5.87. The number of ether oxygens (including phenoxy) is 1. The van der Waals surface area contributed by atoms with Gasteiger partial charge in [-0.05, 0) is 37.5 Å². The average molecular weight is 414 g/mol. The number of benzene rings is 1. The fraction of sp³-hybridized carbons (Fsp3) is 0.524. The number of carboxylic acid groups (broad SMARTS) is 1. The molecule has 1 aromatic carbocycles. The van der Waals surface area contributed by atoms with Crippen molar-refractivity contribution in [3.8, 4) is 5.75 Å². The van der Waals surface area contributed by atoms with Gasteiger partial charge in [-0.25, -0.2) is 4.99 Å². The SMILES string of the molecule is O=C(O)CN(C(=O)CCCOc1ccc2c(c1)CN1CC(=O)NC1=N2)C1CCCC1. The molecule has 2 aliphatic heterocycles. The Morgan fingerprint density at radius 3 is 2.83 bits per heavy atom. The minimum atomic E-state index is -0.971. The monoisotopic (exact) mass is 414 g/mol. The summed E-state index contributed by atoms with van der Waals surface area (Å²) in [5, 5.41) is 11.9. The minimum Gasteiger partial charge on any atom is -0.494 e. The normalized spacial score (nSPS) is 17.8. The van der Waals surface area contributed by atoms with Crippen LogP contribution in [0, 0.1) is 0 Å². The number of nitrogens with one attached hydrogen (secondary N) is 1. The second-order valence-electron chi connectivity index (χ2n) is 7.94. The number of carboxylic acids is 1. The Morgan fingerprint density at radius 2 is 2.07 bits per heavy atom. The van der Waals surface area contributed by atoms with Crippen LogP contribution >= 0.6 is 0 Å². The fourth-order valence-corrected chi connectivity index (χ4v) is 4.27. The van der Waals surface area contributed by atoms with Gasteiger partial charge >= 0.3 is 5.97 Å². The number of hydrogen-bond acceptors (Lipinski definition) is 6. The topological polar surface area (TPSA) is 112 Å². The number of fused-ring (bicyclic) bond motifs is 2. The van der Waals surface area contributed by atoms with Crippen LogP contribution in [0.2, 0.25) is 0 Å². The van der Waals surface area contributed by atoms with E-state index in [1.54, 1.807) is 0 Å². The Balaban J connectivity index is 1.28. The molecular weight excluding hydrogens is 388 g/mol. The van der Waals surface area contributed by atoms with Gasteiger partial charge in [0, 0.05) is 24.6 Å². The number of aliphatic carboxylic acids is 1. The van der Waals surface area contributed by atoms with Crippen molar-refractivity contribution in [2.24, 2.45) is 4.99 Å². The lowest BCUT2D eigenvalue weighted by atomic mass is 10.1. The zero-order valence-corrected chi connectivity index (χ0v) is 16.8. The molecule has 9 heteroatoms. The molecule has 30 heavy (non-hydrogen) atoms. The number of amides is 2. The summed E-state index contributed by atoms with van der Waals surface area (Å²) in [6.45, 7) is 1.04. The third-order valence-corrected chi connectivity index (χ3v) is 5.72. The van der Waals surface area contributed by atoms with Crippen LogP contribution in [0.5, 0.6) is 5.75 Å². The highest BCUT2D eigenvalue weighted by Gasteiger charge is 2.29. The van der Waals surface area contributed by atoms with Crippen molar-refractivity contribution in [3.05, 3.63) is 23.8 Å². The van der Waals surface area contributed by atoms with E-state index >= 15 is 0 Å². The van der Waals surface area contributed by atoms with E-state index in [9.17, 15) is 14.4 Å². The van der Waals surface area contributed by atoms with E-state index < -0.39 is 5.97 Å². The molecule has 0 aromatic heterocycles. The number of nitrogens with zero attached hydrogens (tertiary/aromatic N) is 3. The van der Waals surface area contributed by atoms with E-state index in [0.717, 1.165) is 36.9 Å². The highest BCUT2D eigenvalue weighted by molar-refractivity contribution is 6.05. The molecule has 0 spiro atoms. The van der Waals surface area contributed by atoms with Gasteiger partial charge in [0.05, 0.1) is 12.3 Å². The molecule has 2 N–H and O–H groups in total. The van der Waals surface area contributed by atoms with Crippen LogP contribution in [0.15, 0.2) is 23.2 Å². The lowest BCUT2D eigenvalue weighted by Gasteiger charge is -2.27. The summed E-state index contributed by atoms with van der Waals surface area (Å²) in [5.41, 5.74) is 1.80. The molecule has 1 saturated heterocycles. The van der Waals surface area contributed by atoms with Gasteiger partial charge in [-0.2, -0.15) is 0 Å². The predicted molar refractivity (Wildman–Crippen MR) is 108 cm³/mol. The maximum absolute atomic E-state index is 12.6. The molecular formula is C21H26N4O5. The summed E-state index contributed by atoms with van der Waals surface area (Å²) in [5.74, 6) is 0.134. The van der Waals surface area contributed by atoms with Crippen molar-refractivity contribution < 1.29 is 24.2 Å². The van der Waals surface area contributed by atoms with E-state index in [1.807, 2.05) is 23.1 Å². The van der Waals surface area contributed by atoms with Crippen molar-refractivity contribution >= 4 is 29.4 Å². The van der Waals surface area contributed by atoms with Gasteiger partial charge in [0.1, 0.15) is 18.8 Å². The summed E-state index contributed by atoms with van der Waals surface area (Å²) >= 11 is 0. The van der Waals surface area contributed by atoms with Crippen molar-refractivity contribution in [2.45, 2.75) is 51.1 Å². The predicted octanol–water partition coefficient (Wildman–Crippen LogP) is 1.63. The van der Waals surface area contributed by atoms with E-state index in [0.29, 0.717) is 37.8 Å². The van der Waals surface area contributed by atoms with Gasteiger partial charge in [0.2, 0.25) is 17.8 Å². The highest BCUT2D eigenvalue weighted by atomic mass is 16.5. The smallest absolute Gasteiger partial charge is 0.323 e. The van der Waals surface area contributed by atoms with Crippen molar-refractivity contribution in [2.75, 3.05) is 19.7 Å². The van der Waals surface area contributed by atoms with Crippen LogP contribution in [-0.4, -0.2) is 64.4 Å². The maximum atomic E-state index is 12.6. The van der Waals surface area contributed by atoms with E-state index in [-0.39, 0.29) is 30.8 Å². The highest BCUT2D eigenvalue weighted by Crippen LogP contribution is 2.30. The quantitative estimate of drug-likeness (QED) is 0.626. The first-order chi connectivity index (χ1) is 14.5. The summed E-state index contributed by atoms with van der Waals surface area (Å²) in [6.07, 6.45) is 4.64. The number of carbonyl (C=O) groups excluding carboxylic acids is 2. The molecule has 2 amide bonds. The Morgan fingerprint density at radius 1 is 1.27 bits per heavy atom. The van der Waals surface area contributed by atoms with Gasteiger partial charge in [0.15, 0.2) is 0 Å². The van der Waals surface area contributed by atoms with Crippen LogP contribution in [-0.2, 0) is 20.9 Å². The molecule has 2 fully saturated rings. The van der Waals surface area contributed by atoms with Gasteiger partial charge in [0.25, 0.3) is 0 Å². The molecule has 0 radical (unpaired) electrons. The van der Waals surface area contributed by atoms with Crippen molar-refractivity contribution in [1.29, 1.82) is 0 Å². The van der Waals surface area contributed by atoms with Crippen molar-refractivity contribution in [1.82, 2.24) is 15.1 Å². The lowest BCUT2D eigenvalue weighted by Crippen LogP contribution is -2.42. The molecule has 3 aliphatic rings. The molecule has 0 atom stereocenters. The number of hydrogen-bond donors (Lipinski definition) is 2. The lowest BCUT2D eigenvalue weighted by molar-refractivity contribution is -0.146. The Bertz CT molecular complexity index is 878. The molecule has 160 valence electrons. The van der Waals surface area contributed by atoms with Crippen LogP contribution in [0.3, 0.4) is 0 Å². The van der Waals surface area contributed by atoms with E-state index in [4.69, 9.17) is 9.84 Å². The first-order valence-electron chi connectivity index (χ1n) is 10.4. The van der Waals surface area contributed by atoms with Crippen LogP contribution in [0.1, 0.15) is 44.1 Å². The molecule has 1 aromatic rings. The second-order valence-corrected chi connectivity index (χ2v) is 7.94. The first-order valence-corrected chi connectivity index (χ1v) is 10.4. The summed E-state index contributed by atoms with van der Waals surface area (Å²) < 4.78 is 5.80. The van der Waals surface area contributed by atoms with Gasteiger partial charge in [-0.15, -0.1) is 0 Å². The molecule has 0 unspecified atom stereocenters. The molecule has 0 bridgehead atoms. The number of carbonyl (C=O) groups is 3. The second kappa shape index (κ2) is 8.73. The third kappa shape index (κ3) is 4.55. The largest absolute Gasteiger partial charge is 0.494 e. The Hall–Kier alpha value is -3.10. The molecule has 2 heterocycles. The maximum Gasteiger partial charge on any atom is 0.323 e. The van der Waals surface area contributed by atoms with Gasteiger partial charge in [-0.3, -0.25) is 19.7 Å². The number of aliphatic imine (C=N–C) groups is 1. The molecule has 4 rings (SSSR count). The summed E-state index contributed by atoms with van der Waals surface area (Å²) in [6, 6.07) is 5.65. The first kappa shape index (κ1) is 20.2. The van der Waals surface area contributed by atoms with E-state index in [2.05, 4.69) is 10.3 Å². The summed E-state index contributed by atoms with van der Waals surface area (Å²) in [4.78, 5) is 43.1.